The summed E-state index contributed by atoms with van der Waals surface area (Å²) in [5, 5.41) is 11.7. The lowest BCUT2D eigenvalue weighted by Crippen LogP contribution is -2.29. The number of halogens is 1. The standard InChI is InChI=1S/C21H24ClN4O7P/c1-11-17(27)16(32-20(11)26-7-5-14-18(26)24-21(23)25-19(14)28)10-31-34(29)30-8-6-15(33-34)12-3-2-4-13(22)9-12/h2-5,7,9,11,15-17,20,27H,6,8,10H2,1H3,(H3,23,24,25,28)/t11-,15+,16+,17-,20+,34?/m0/s1. The fourth-order valence-corrected chi connectivity index (χ4v) is 5.88. The predicted octanol–water partition coefficient (Wildman–Crippen LogP) is 3.16. The summed E-state index contributed by atoms with van der Waals surface area (Å²) in [6, 6.07) is 8.70. The van der Waals surface area contributed by atoms with Crippen molar-refractivity contribution in [1.29, 1.82) is 0 Å². The molecule has 4 N–H and O–H groups in total. The first-order chi connectivity index (χ1) is 16.2. The van der Waals surface area contributed by atoms with Gasteiger partial charge in [-0.05, 0) is 23.8 Å². The number of phosphoric acid groups is 1. The molecule has 4 heterocycles. The molecule has 6 atom stereocenters. The van der Waals surface area contributed by atoms with Crippen LogP contribution < -0.4 is 11.3 Å². The number of aromatic amines is 1. The predicted molar refractivity (Wildman–Crippen MR) is 123 cm³/mol. The maximum absolute atomic E-state index is 13.1. The van der Waals surface area contributed by atoms with E-state index in [4.69, 9.17) is 35.6 Å². The molecule has 2 aromatic heterocycles. The summed E-state index contributed by atoms with van der Waals surface area (Å²) in [7, 11) is -3.90. The van der Waals surface area contributed by atoms with Gasteiger partial charge in [0.25, 0.3) is 5.56 Å². The Bertz CT molecular complexity index is 1310. The fourth-order valence-electron chi connectivity index (χ4n) is 4.29. The molecule has 2 fully saturated rings. The van der Waals surface area contributed by atoms with Gasteiger partial charge in [0.2, 0.25) is 5.95 Å². The van der Waals surface area contributed by atoms with Crippen LogP contribution in [0.5, 0.6) is 0 Å². The van der Waals surface area contributed by atoms with E-state index in [2.05, 4.69) is 9.97 Å². The van der Waals surface area contributed by atoms with E-state index in [-0.39, 0.29) is 30.6 Å². The summed E-state index contributed by atoms with van der Waals surface area (Å²) in [5.74, 6) is -0.415. The highest BCUT2D eigenvalue weighted by atomic mass is 35.5. The smallest absolute Gasteiger partial charge is 0.390 e. The van der Waals surface area contributed by atoms with Crippen molar-refractivity contribution in [2.75, 3.05) is 18.9 Å². The molecule has 3 aromatic rings. The molecule has 2 saturated heterocycles. The lowest BCUT2D eigenvalue weighted by Gasteiger charge is -2.30. The molecule has 0 spiro atoms. The van der Waals surface area contributed by atoms with Crippen molar-refractivity contribution >= 4 is 36.4 Å². The average Bonchev–Trinajstić information content (AvgIpc) is 3.34. The number of rotatable bonds is 5. The van der Waals surface area contributed by atoms with Crippen LogP contribution in [0.25, 0.3) is 11.0 Å². The maximum atomic E-state index is 13.1. The number of hydrogen-bond donors (Lipinski definition) is 3. The van der Waals surface area contributed by atoms with E-state index in [9.17, 15) is 14.5 Å². The second-order valence-corrected chi connectivity index (χ2v) is 10.4. The second-order valence-electron chi connectivity index (χ2n) is 8.34. The molecule has 1 unspecified atom stereocenters. The molecule has 2 aliphatic heterocycles. The number of nitrogens with two attached hydrogens (primary N) is 1. The second kappa shape index (κ2) is 9.09. The van der Waals surface area contributed by atoms with E-state index in [0.29, 0.717) is 22.5 Å². The van der Waals surface area contributed by atoms with Gasteiger partial charge in [0.05, 0.1) is 30.8 Å². The Balaban J connectivity index is 1.29. The summed E-state index contributed by atoms with van der Waals surface area (Å²) >= 11 is 6.06. The zero-order valence-corrected chi connectivity index (χ0v) is 19.8. The number of nitrogens with zero attached hydrogens (tertiary/aromatic N) is 2. The van der Waals surface area contributed by atoms with Gasteiger partial charge in [0.15, 0.2) is 5.65 Å². The maximum Gasteiger partial charge on any atom is 0.475 e. The summed E-state index contributed by atoms with van der Waals surface area (Å²) in [6.07, 6.45) is -0.772. The Morgan fingerprint density at radius 1 is 1.41 bits per heavy atom. The average molecular weight is 511 g/mol. The minimum atomic E-state index is -3.90. The highest BCUT2D eigenvalue weighted by Crippen LogP contribution is 2.57. The van der Waals surface area contributed by atoms with Crippen LogP contribution in [0.15, 0.2) is 41.3 Å². The van der Waals surface area contributed by atoms with Crippen molar-refractivity contribution in [2.24, 2.45) is 5.92 Å². The zero-order valence-electron chi connectivity index (χ0n) is 18.2. The number of aliphatic hydroxyl groups is 1. The summed E-state index contributed by atoms with van der Waals surface area (Å²) in [5.41, 5.74) is 6.43. The molecular formula is C21H24ClN4O7P. The SMILES string of the molecule is C[C@H]1[C@H](O)[C@@H](COP2(=O)OCC[C@H](c3cccc(Cl)c3)O2)O[C@H]1n1ccc2c(=O)[nH]c(N)nc21. The van der Waals surface area contributed by atoms with Crippen molar-refractivity contribution in [1.82, 2.24) is 14.5 Å². The Labute approximate surface area is 199 Å². The molecule has 0 radical (unpaired) electrons. The molecule has 0 saturated carbocycles. The zero-order chi connectivity index (χ0) is 24.0. The van der Waals surface area contributed by atoms with Gasteiger partial charge in [-0.25, -0.2) is 4.57 Å². The van der Waals surface area contributed by atoms with Gasteiger partial charge in [0, 0.05) is 23.6 Å². The summed E-state index contributed by atoms with van der Waals surface area (Å²) in [6.45, 7) is 1.75. The van der Waals surface area contributed by atoms with Gasteiger partial charge in [0.1, 0.15) is 12.3 Å². The van der Waals surface area contributed by atoms with Gasteiger partial charge in [-0.3, -0.25) is 23.3 Å². The molecule has 0 aliphatic carbocycles. The highest BCUT2D eigenvalue weighted by molar-refractivity contribution is 7.48. The molecule has 13 heteroatoms. The van der Waals surface area contributed by atoms with Gasteiger partial charge in [-0.15, -0.1) is 0 Å². The van der Waals surface area contributed by atoms with Gasteiger partial charge < -0.3 is 20.1 Å². The van der Waals surface area contributed by atoms with Crippen LogP contribution in [0.2, 0.25) is 5.02 Å². The topological polar surface area (TPSA) is 151 Å². The number of benzene rings is 1. The number of aromatic nitrogens is 3. The van der Waals surface area contributed by atoms with Crippen LogP contribution in [0.1, 0.15) is 31.2 Å². The van der Waals surface area contributed by atoms with Crippen molar-refractivity contribution < 1.29 is 28.0 Å². The number of aliphatic hydroxyl groups excluding tert-OH is 1. The van der Waals surface area contributed by atoms with E-state index in [1.54, 1.807) is 42.0 Å². The Morgan fingerprint density at radius 3 is 3.03 bits per heavy atom. The largest absolute Gasteiger partial charge is 0.475 e. The molecule has 0 amide bonds. The van der Waals surface area contributed by atoms with E-state index in [1.807, 2.05) is 6.07 Å². The highest BCUT2D eigenvalue weighted by Gasteiger charge is 2.45. The van der Waals surface area contributed by atoms with Crippen LogP contribution in [0, 0.1) is 5.92 Å². The number of phosphoric ester groups is 1. The quantitative estimate of drug-likeness (QED) is 0.439. The van der Waals surface area contributed by atoms with Gasteiger partial charge >= 0.3 is 7.82 Å². The van der Waals surface area contributed by atoms with Crippen LogP contribution in [-0.2, 0) is 22.9 Å². The van der Waals surface area contributed by atoms with Crippen LogP contribution in [-0.4, -0.2) is 45.1 Å². The van der Waals surface area contributed by atoms with Crippen LogP contribution >= 0.6 is 19.4 Å². The Kier molecular flexibility index (Phi) is 6.28. The number of hydrogen-bond acceptors (Lipinski definition) is 9. The summed E-state index contributed by atoms with van der Waals surface area (Å²) < 4.78 is 37.3. The number of ether oxygens (including phenoxy) is 1. The molecule has 0 bridgehead atoms. The monoisotopic (exact) mass is 510 g/mol. The molecule has 34 heavy (non-hydrogen) atoms. The number of nitrogen functional groups attached to an aromatic ring is 1. The lowest BCUT2D eigenvalue weighted by atomic mass is 10.0. The molecule has 1 aromatic carbocycles. The van der Waals surface area contributed by atoms with Crippen LogP contribution in [0.3, 0.4) is 0 Å². The molecule has 5 rings (SSSR count). The molecule has 2 aliphatic rings. The van der Waals surface area contributed by atoms with Crippen molar-refractivity contribution in [3.8, 4) is 0 Å². The third-order valence-corrected chi connectivity index (χ3v) is 7.77. The molecular weight excluding hydrogens is 487 g/mol. The van der Waals surface area contributed by atoms with E-state index >= 15 is 0 Å². The minimum absolute atomic E-state index is 0.0255. The van der Waals surface area contributed by atoms with E-state index < -0.39 is 32.4 Å². The van der Waals surface area contributed by atoms with Gasteiger partial charge in [-0.1, -0.05) is 30.7 Å². The first-order valence-electron chi connectivity index (χ1n) is 10.8. The van der Waals surface area contributed by atoms with Crippen molar-refractivity contribution in [3.05, 3.63) is 57.5 Å². The normalized spacial score (nSPS) is 31.8. The Hall–Kier alpha value is -2.24. The van der Waals surface area contributed by atoms with Crippen molar-refractivity contribution in [3.63, 3.8) is 0 Å². The molecule has 182 valence electrons. The van der Waals surface area contributed by atoms with Gasteiger partial charge in [-0.2, -0.15) is 4.98 Å². The Morgan fingerprint density at radius 2 is 2.24 bits per heavy atom. The van der Waals surface area contributed by atoms with E-state index in [0.717, 1.165) is 5.56 Å². The number of fused-ring (bicyclic) bond motifs is 1. The van der Waals surface area contributed by atoms with Crippen LogP contribution in [0.4, 0.5) is 5.95 Å². The third kappa shape index (κ3) is 4.40. The summed E-state index contributed by atoms with van der Waals surface area (Å²) in [4.78, 5) is 18.8. The number of nitrogens with one attached hydrogen (secondary N) is 1. The number of anilines is 1. The fraction of sp³-hybridized carbons (Fsp3) is 0.429. The minimum Gasteiger partial charge on any atom is -0.390 e. The molecule has 11 nitrogen and oxygen atoms in total. The van der Waals surface area contributed by atoms with E-state index in [1.165, 1.54) is 0 Å². The lowest BCUT2D eigenvalue weighted by molar-refractivity contribution is -0.0536. The first kappa shape index (κ1) is 23.5. The van der Waals surface area contributed by atoms with Crippen molar-refractivity contribution in [2.45, 2.75) is 37.9 Å². The first-order valence-corrected chi connectivity index (χ1v) is 12.6. The number of H-pyrrole nitrogens is 1. The third-order valence-electron chi connectivity index (χ3n) is 6.06.